The first kappa shape index (κ1) is 27.3. The molecule has 9 nitrogen and oxygen atoms in total. The molecule has 1 aromatic carbocycles. The predicted octanol–water partition coefficient (Wildman–Crippen LogP) is 5.00. The second kappa shape index (κ2) is 12.2. The van der Waals surface area contributed by atoms with E-state index in [9.17, 15) is 4.79 Å². The first-order chi connectivity index (χ1) is 18.3. The van der Waals surface area contributed by atoms with Crippen molar-refractivity contribution in [3.8, 4) is 0 Å². The predicted molar refractivity (Wildman–Crippen MR) is 158 cm³/mol. The van der Waals surface area contributed by atoms with E-state index >= 15 is 0 Å². The molecule has 0 aliphatic heterocycles. The number of hydrogen-bond donors (Lipinski definition) is 3. The Balaban J connectivity index is 1.81. The molecule has 0 bridgehead atoms. The van der Waals surface area contributed by atoms with Gasteiger partial charge in [-0.3, -0.25) is 4.79 Å². The molecule has 1 amide bonds. The van der Waals surface area contributed by atoms with Crippen molar-refractivity contribution in [3.05, 3.63) is 54.4 Å². The van der Waals surface area contributed by atoms with Crippen molar-refractivity contribution in [2.24, 2.45) is 5.84 Å². The number of fused-ring (bicyclic) bond motifs is 1. The van der Waals surface area contributed by atoms with E-state index in [2.05, 4.69) is 45.7 Å². The van der Waals surface area contributed by atoms with E-state index in [0.717, 1.165) is 78.9 Å². The highest BCUT2D eigenvalue weighted by Gasteiger charge is 2.22. The van der Waals surface area contributed by atoms with Gasteiger partial charge in [-0.1, -0.05) is 26.0 Å². The maximum atomic E-state index is 12.4. The monoisotopic (exact) mass is 516 g/mol. The third-order valence-corrected chi connectivity index (χ3v) is 6.93. The molecule has 2 heterocycles. The Morgan fingerprint density at radius 3 is 2.68 bits per heavy atom. The van der Waals surface area contributed by atoms with Crippen LogP contribution in [0.4, 0.5) is 23.0 Å². The average molecular weight is 517 g/mol. The van der Waals surface area contributed by atoms with Crippen molar-refractivity contribution in [1.29, 1.82) is 0 Å². The first-order valence-electron chi connectivity index (χ1n) is 13.4. The fraction of sp³-hybridized carbons (Fsp3) is 0.414. The lowest BCUT2D eigenvalue weighted by Crippen LogP contribution is -2.31. The van der Waals surface area contributed by atoms with E-state index in [4.69, 9.17) is 15.8 Å². The van der Waals surface area contributed by atoms with Crippen LogP contribution < -0.4 is 21.1 Å². The van der Waals surface area contributed by atoms with Crippen LogP contribution >= 0.6 is 0 Å². The summed E-state index contributed by atoms with van der Waals surface area (Å²) in [4.78, 5) is 29.6. The molecule has 0 radical (unpaired) electrons. The molecular weight excluding hydrogens is 476 g/mol. The van der Waals surface area contributed by atoms with Gasteiger partial charge in [0.1, 0.15) is 5.65 Å². The van der Waals surface area contributed by atoms with Gasteiger partial charge in [0.15, 0.2) is 0 Å². The standard InChI is InChI=1S/C29H40N8O/c1-6-11-21-18-25(36(5)17-16-35(3)4)23(32-26(38)7-2)19-24(21)37(30)29-33-27(20-12-9-8-10-13-20)22-14-15-31-28(22)34-29/h7,12,14-15,18-19H,2,6,8-11,13,16-17,30H2,1,3-5H3,(H,32,38)(H,31,33,34). The quantitative estimate of drug-likeness (QED) is 0.187. The summed E-state index contributed by atoms with van der Waals surface area (Å²) in [5, 5.41) is 5.53. The Kier molecular flexibility index (Phi) is 8.81. The molecule has 4 rings (SSSR count). The number of benzene rings is 1. The minimum Gasteiger partial charge on any atom is -0.372 e. The minimum atomic E-state index is -0.277. The minimum absolute atomic E-state index is 0.277. The van der Waals surface area contributed by atoms with Crippen molar-refractivity contribution < 1.29 is 4.79 Å². The van der Waals surface area contributed by atoms with Crippen LogP contribution in [0.1, 0.15) is 50.3 Å². The van der Waals surface area contributed by atoms with E-state index in [1.165, 1.54) is 18.1 Å². The number of hydrogen-bond acceptors (Lipinski definition) is 7. The number of allylic oxidation sites excluding steroid dienone is 2. The van der Waals surface area contributed by atoms with E-state index < -0.39 is 0 Å². The van der Waals surface area contributed by atoms with Gasteiger partial charge in [0.05, 0.1) is 22.8 Å². The highest BCUT2D eigenvalue weighted by molar-refractivity contribution is 6.02. The molecule has 202 valence electrons. The molecular formula is C29H40N8O. The smallest absolute Gasteiger partial charge is 0.247 e. The van der Waals surface area contributed by atoms with Crippen LogP contribution in [0.5, 0.6) is 0 Å². The van der Waals surface area contributed by atoms with Crippen molar-refractivity contribution in [3.63, 3.8) is 0 Å². The number of nitrogens with zero attached hydrogens (tertiary/aromatic N) is 5. The molecule has 1 aliphatic rings. The second-order valence-electron chi connectivity index (χ2n) is 10.1. The Morgan fingerprint density at radius 2 is 2.00 bits per heavy atom. The lowest BCUT2D eigenvalue weighted by molar-refractivity contribution is -0.111. The number of hydrazine groups is 1. The molecule has 38 heavy (non-hydrogen) atoms. The number of H-pyrrole nitrogens is 1. The Bertz CT molecular complexity index is 1330. The molecule has 0 unspecified atom stereocenters. The van der Waals surface area contributed by atoms with Crippen LogP contribution in [0, 0.1) is 0 Å². The molecule has 0 atom stereocenters. The summed E-state index contributed by atoms with van der Waals surface area (Å²) in [6, 6.07) is 6.06. The molecule has 0 spiro atoms. The average Bonchev–Trinajstić information content (AvgIpc) is 3.40. The molecule has 2 aromatic heterocycles. The van der Waals surface area contributed by atoms with Gasteiger partial charge in [0, 0.05) is 31.7 Å². The van der Waals surface area contributed by atoms with Crippen LogP contribution in [0.25, 0.3) is 16.6 Å². The first-order valence-corrected chi connectivity index (χ1v) is 13.4. The van der Waals surface area contributed by atoms with Gasteiger partial charge >= 0.3 is 0 Å². The zero-order chi connectivity index (χ0) is 27.2. The number of aromatic amines is 1. The fourth-order valence-corrected chi connectivity index (χ4v) is 4.83. The Hall–Kier alpha value is -3.69. The summed E-state index contributed by atoms with van der Waals surface area (Å²) in [5.74, 6) is 6.92. The van der Waals surface area contributed by atoms with Gasteiger partial charge in [0.2, 0.25) is 11.9 Å². The molecule has 1 aliphatic carbocycles. The van der Waals surface area contributed by atoms with Gasteiger partial charge in [-0.15, -0.1) is 0 Å². The highest BCUT2D eigenvalue weighted by Crippen LogP contribution is 2.37. The normalized spacial score (nSPS) is 13.5. The summed E-state index contributed by atoms with van der Waals surface area (Å²) in [6.45, 7) is 7.44. The van der Waals surface area contributed by atoms with Crippen LogP contribution in [-0.2, 0) is 11.2 Å². The van der Waals surface area contributed by atoms with E-state index in [1.807, 2.05) is 39.5 Å². The lowest BCUT2D eigenvalue weighted by atomic mass is 9.96. The number of carbonyl (C=O) groups excluding carboxylic acids is 1. The molecule has 0 saturated heterocycles. The number of aryl methyl sites for hydroxylation is 1. The molecule has 3 aromatic rings. The third-order valence-electron chi connectivity index (χ3n) is 6.93. The van der Waals surface area contributed by atoms with Gasteiger partial charge in [-0.2, -0.15) is 4.98 Å². The summed E-state index contributed by atoms with van der Waals surface area (Å²) in [7, 11) is 6.12. The van der Waals surface area contributed by atoms with Gasteiger partial charge in [-0.05, 0) is 81.6 Å². The number of rotatable bonds is 11. The Morgan fingerprint density at radius 1 is 1.18 bits per heavy atom. The number of nitrogens with one attached hydrogen (secondary N) is 2. The van der Waals surface area contributed by atoms with E-state index in [-0.39, 0.29) is 5.91 Å². The Labute approximate surface area is 225 Å². The van der Waals surface area contributed by atoms with Gasteiger partial charge in [-0.25, -0.2) is 15.8 Å². The van der Waals surface area contributed by atoms with Crippen LogP contribution in [0.3, 0.4) is 0 Å². The third kappa shape index (κ3) is 6.06. The molecule has 4 N–H and O–H groups in total. The van der Waals surface area contributed by atoms with Crippen molar-refractivity contribution in [2.75, 3.05) is 49.5 Å². The van der Waals surface area contributed by atoms with Crippen molar-refractivity contribution in [2.45, 2.75) is 45.4 Å². The second-order valence-corrected chi connectivity index (χ2v) is 10.1. The van der Waals surface area contributed by atoms with E-state index in [0.29, 0.717) is 11.6 Å². The number of carbonyl (C=O) groups is 1. The van der Waals surface area contributed by atoms with Crippen molar-refractivity contribution in [1.82, 2.24) is 19.9 Å². The number of anilines is 4. The summed E-state index contributed by atoms with van der Waals surface area (Å²) in [6.07, 6.45) is 11.6. The zero-order valence-electron chi connectivity index (χ0n) is 23.0. The number of nitrogens with two attached hydrogens (primary N) is 1. The maximum absolute atomic E-state index is 12.4. The van der Waals surface area contributed by atoms with Crippen LogP contribution in [0.15, 0.2) is 43.1 Å². The molecule has 0 fully saturated rings. The maximum Gasteiger partial charge on any atom is 0.247 e. The summed E-state index contributed by atoms with van der Waals surface area (Å²) in [5.41, 5.74) is 6.33. The van der Waals surface area contributed by atoms with Crippen LogP contribution in [0.2, 0.25) is 0 Å². The van der Waals surface area contributed by atoms with Crippen molar-refractivity contribution >= 4 is 45.5 Å². The van der Waals surface area contributed by atoms with Crippen LogP contribution in [-0.4, -0.2) is 60.0 Å². The molecule has 9 heteroatoms. The largest absolute Gasteiger partial charge is 0.372 e. The topological polar surface area (TPSA) is 106 Å². The number of likely N-dealkylation sites (N-methyl/N-ethyl adjacent to an activating group) is 2. The summed E-state index contributed by atoms with van der Waals surface area (Å²) >= 11 is 0. The number of aromatic nitrogens is 3. The van der Waals surface area contributed by atoms with Gasteiger partial charge in [0.25, 0.3) is 0 Å². The van der Waals surface area contributed by atoms with E-state index in [1.54, 1.807) is 5.01 Å². The lowest BCUT2D eigenvalue weighted by Gasteiger charge is -2.28. The summed E-state index contributed by atoms with van der Waals surface area (Å²) < 4.78 is 0. The fourth-order valence-electron chi connectivity index (χ4n) is 4.83. The highest BCUT2D eigenvalue weighted by atomic mass is 16.1. The molecule has 0 saturated carbocycles. The number of amides is 1. The van der Waals surface area contributed by atoms with Gasteiger partial charge < -0.3 is 20.1 Å². The SMILES string of the molecule is C=CC(=O)Nc1cc(N(N)c2nc(C3=CCCCC3)c3cc[nH]c3n2)c(CCC)cc1N(C)CCN(C)C. The zero-order valence-corrected chi connectivity index (χ0v) is 23.0.